The van der Waals surface area contributed by atoms with Crippen molar-refractivity contribution in [2.24, 2.45) is 41.4 Å². The van der Waals surface area contributed by atoms with E-state index in [2.05, 4.69) is 20.8 Å². The van der Waals surface area contributed by atoms with Gasteiger partial charge in [0.15, 0.2) is 23.3 Å². The van der Waals surface area contributed by atoms with Gasteiger partial charge in [-0.1, -0.05) is 33.6 Å². The van der Waals surface area contributed by atoms with E-state index in [0.717, 1.165) is 64.2 Å². The molecule has 9 fully saturated rings. The Morgan fingerprint density at radius 3 is 2.02 bits per heavy atom. The zero-order valence-electron chi connectivity index (χ0n) is 32.1. The molecule has 4 bridgehead atoms. The summed E-state index contributed by atoms with van der Waals surface area (Å²) in [7, 11) is 1.89. The van der Waals surface area contributed by atoms with Gasteiger partial charge in [0.25, 0.3) is 0 Å². The molecule has 10 nitrogen and oxygen atoms in total. The summed E-state index contributed by atoms with van der Waals surface area (Å²) in [5.41, 5.74) is -1.46. The van der Waals surface area contributed by atoms with Crippen LogP contribution < -0.4 is 0 Å². The first-order chi connectivity index (χ1) is 24.5. The Labute approximate surface area is 306 Å². The summed E-state index contributed by atoms with van der Waals surface area (Å²) >= 11 is 0. The predicted molar refractivity (Wildman–Crippen MR) is 180 cm³/mol. The number of nitrogens with zero attached hydrogens (tertiary/aromatic N) is 1. The first-order valence-corrected chi connectivity index (χ1v) is 20.1. The minimum absolute atomic E-state index is 0.0213. The molecule has 7 saturated heterocycles. The minimum atomic E-state index is -4.64. The van der Waals surface area contributed by atoms with E-state index in [1.165, 1.54) is 0 Å². The lowest BCUT2D eigenvalue weighted by atomic mass is 9.57. The smallest absolute Gasteiger partial charge is 0.449 e. The quantitative estimate of drug-likeness (QED) is 0.162. The summed E-state index contributed by atoms with van der Waals surface area (Å²) in [6.45, 7) is 13.7. The molecule has 52 heavy (non-hydrogen) atoms. The highest BCUT2D eigenvalue weighted by atomic mass is 19.4. The Morgan fingerprint density at radius 1 is 0.712 bits per heavy atom. The van der Waals surface area contributed by atoms with Crippen molar-refractivity contribution in [2.75, 3.05) is 26.7 Å². The average molecular weight is 744 g/mol. The zero-order valence-corrected chi connectivity index (χ0v) is 32.1. The van der Waals surface area contributed by atoms with Gasteiger partial charge in [-0.3, -0.25) is 0 Å². The molecule has 8 heterocycles. The first-order valence-electron chi connectivity index (χ1n) is 20.1. The predicted octanol–water partition coefficient (Wildman–Crippen LogP) is 8.16. The number of hydrogen-bond acceptors (Lipinski definition) is 10. The van der Waals surface area contributed by atoms with E-state index < -0.39 is 59.0 Å². The van der Waals surface area contributed by atoms with Gasteiger partial charge in [0, 0.05) is 43.1 Å². The molecule has 0 N–H and O–H groups in total. The molecule has 14 atom stereocenters. The van der Waals surface area contributed by atoms with E-state index in [-0.39, 0.29) is 35.8 Å². The fourth-order valence-electron chi connectivity index (χ4n) is 11.6. The van der Waals surface area contributed by atoms with Gasteiger partial charge in [-0.25, -0.2) is 19.6 Å². The van der Waals surface area contributed by atoms with Crippen molar-refractivity contribution in [2.45, 2.75) is 166 Å². The van der Waals surface area contributed by atoms with Crippen molar-refractivity contribution < 1.29 is 56.4 Å². The van der Waals surface area contributed by atoms with Crippen LogP contribution in [0.2, 0.25) is 0 Å². The van der Waals surface area contributed by atoms with Crippen molar-refractivity contribution in [1.29, 1.82) is 0 Å². The number of rotatable bonds is 10. The van der Waals surface area contributed by atoms with Crippen LogP contribution in [0.25, 0.3) is 0 Å². The molecule has 8 aliphatic heterocycles. The molecule has 13 heteroatoms. The monoisotopic (exact) mass is 743 g/mol. The maximum Gasteiger partial charge on any atom is 0.449 e. The molecule has 0 radical (unpaired) electrons. The van der Waals surface area contributed by atoms with Crippen LogP contribution in [-0.4, -0.2) is 79.0 Å². The fraction of sp³-hybridized carbons (Fsp3) is 0.949. The fourth-order valence-corrected chi connectivity index (χ4v) is 11.6. The van der Waals surface area contributed by atoms with E-state index >= 15 is 0 Å². The maximum atomic E-state index is 14.6. The summed E-state index contributed by atoms with van der Waals surface area (Å²) in [5.74, 6) is -2.88. The van der Waals surface area contributed by atoms with Gasteiger partial charge < -0.3 is 28.6 Å². The first kappa shape index (κ1) is 37.9. The second-order valence-electron chi connectivity index (χ2n) is 18.2. The highest BCUT2D eigenvalue weighted by Gasteiger charge is 2.72. The summed E-state index contributed by atoms with van der Waals surface area (Å²) < 4.78 is 75.6. The van der Waals surface area contributed by atoms with Crippen molar-refractivity contribution >= 4 is 0 Å². The van der Waals surface area contributed by atoms with E-state index in [1.807, 2.05) is 25.8 Å². The van der Waals surface area contributed by atoms with E-state index in [0.29, 0.717) is 37.8 Å². The van der Waals surface area contributed by atoms with Crippen molar-refractivity contribution in [3.8, 4) is 0 Å². The van der Waals surface area contributed by atoms with Crippen LogP contribution in [-0.2, 0) is 43.2 Å². The number of allylic oxidation sites excluding steroid dienone is 1. The van der Waals surface area contributed by atoms with Gasteiger partial charge in [-0.05, 0) is 109 Å². The average Bonchev–Trinajstić information content (AvgIpc) is 3.45. The molecule has 0 amide bonds. The van der Waals surface area contributed by atoms with Crippen LogP contribution in [0.15, 0.2) is 11.3 Å². The minimum Gasteiger partial charge on any atom is -0.456 e. The Hall–Kier alpha value is -1.03. The Morgan fingerprint density at radius 2 is 1.33 bits per heavy atom. The zero-order chi connectivity index (χ0) is 36.9. The second kappa shape index (κ2) is 13.3. The third kappa shape index (κ3) is 6.01. The third-order valence-corrected chi connectivity index (χ3v) is 14.7. The molecule has 0 aromatic rings. The van der Waals surface area contributed by atoms with Crippen LogP contribution in [0.4, 0.5) is 13.2 Å². The molecule has 296 valence electrons. The topological polar surface area (TPSA) is 86.3 Å². The third-order valence-electron chi connectivity index (χ3n) is 14.7. The number of alkyl halides is 3. The number of fused-ring (bicyclic) bond motifs is 4. The van der Waals surface area contributed by atoms with Crippen LogP contribution in [0, 0.1) is 41.4 Å². The number of unbranched alkanes of at least 4 members (excludes halogenated alkanes) is 3. The summed E-state index contributed by atoms with van der Waals surface area (Å²) in [5, 5.41) is 0. The largest absolute Gasteiger partial charge is 0.456 e. The van der Waals surface area contributed by atoms with Gasteiger partial charge in [0.05, 0.1) is 6.61 Å². The SMILES string of the molecule is C[C@@H]1CC[C@H]2[C@@H](C)[C@@](C)(OCCCCCCN(C)CC3=C(C(F)(F)F)O[C@@H]4O[C@@]5(C)CC[C@H]6[C@H](C)CC[C@@H]3[C@@]46OO5)O[C@@H]3O[C@@]4(C)CC[C@@H]1[C@]32OO4. The second-order valence-corrected chi connectivity index (χ2v) is 18.2. The standard InChI is InChI=1S/C39H60F3NO9/c1-23-12-14-29-25(3)36(6,48-33-37(29)27(23)16-19-35(5,47-33)50-51-37)44-21-11-9-8-10-20-43(7)22-26-30-15-13-24(2)28-17-18-34(4)46-32(38(28,30)52-49-34)45-31(26)39(40,41)42/h23-25,27-30,32-33H,8-22H2,1-7H3/t23-,24-,25-,27+,28+,29+,30+,32-,33+,34-,35-,36+,37-,38-/m1/s1. The molecule has 0 aromatic carbocycles. The number of halogens is 3. The van der Waals surface area contributed by atoms with Crippen LogP contribution >= 0.6 is 0 Å². The van der Waals surface area contributed by atoms with Crippen LogP contribution in [0.3, 0.4) is 0 Å². The number of ether oxygens (including phenoxy) is 5. The number of hydrogen-bond donors (Lipinski definition) is 0. The van der Waals surface area contributed by atoms with Gasteiger partial charge >= 0.3 is 6.18 Å². The van der Waals surface area contributed by atoms with Gasteiger partial charge in [0.1, 0.15) is 0 Å². The highest BCUT2D eigenvalue weighted by molar-refractivity contribution is 5.29. The van der Waals surface area contributed by atoms with E-state index in [9.17, 15) is 13.2 Å². The maximum absolute atomic E-state index is 14.6. The Kier molecular flexibility index (Phi) is 9.68. The van der Waals surface area contributed by atoms with Gasteiger partial charge in [-0.15, -0.1) is 0 Å². The molecular weight excluding hydrogens is 683 g/mol. The van der Waals surface area contributed by atoms with Gasteiger partial charge in [-0.2, -0.15) is 13.2 Å². The van der Waals surface area contributed by atoms with Crippen LogP contribution in [0.5, 0.6) is 0 Å². The highest BCUT2D eigenvalue weighted by Crippen LogP contribution is 2.63. The number of likely N-dealkylation sites (N-methyl/N-ethyl adjacent to an activating group) is 1. The summed E-state index contributed by atoms with van der Waals surface area (Å²) in [6, 6.07) is 0. The summed E-state index contributed by atoms with van der Waals surface area (Å²) in [4.78, 5) is 26.2. The molecule has 2 saturated carbocycles. The molecular formula is C39H60F3NO9. The molecule has 2 spiro atoms. The van der Waals surface area contributed by atoms with E-state index in [4.69, 9.17) is 43.2 Å². The lowest BCUT2D eigenvalue weighted by molar-refractivity contribution is -0.585. The molecule has 10 rings (SSSR count). The lowest BCUT2D eigenvalue weighted by Gasteiger charge is -2.62. The molecule has 0 aromatic heterocycles. The van der Waals surface area contributed by atoms with E-state index in [1.54, 1.807) is 6.92 Å². The Bertz CT molecular complexity index is 1380. The van der Waals surface area contributed by atoms with Gasteiger partial charge in [0.2, 0.25) is 23.6 Å². The molecule has 0 unspecified atom stereocenters. The molecule has 2 aliphatic carbocycles. The summed E-state index contributed by atoms with van der Waals surface area (Å²) in [6.07, 6.45) is 3.83. The van der Waals surface area contributed by atoms with Crippen molar-refractivity contribution in [1.82, 2.24) is 4.90 Å². The lowest BCUT2D eigenvalue weighted by Crippen LogP contribution is -2.72. The van der Waals surface area contributed by atoms with Crippen LogP contribution in [0.1, 0.15) is 119 Å². The Balaban J connectivity index is 0.857. The van der Waals surface area contributed by atoms with Crippen molar-refractivity contribution in [3.05, 3.63) is 11.3 Å². The normalized spacial score (nSPS) is 49.6. The van der Waals surface area contributed by atoms with Crippen molar-refractivity contribution in [3.63, 3.8) is 0 Å². The molecule has 10 aliphatic rings.